The van der Waals surface area contributed by atoms with Crippen molar-refractivity contribution in [1.29, 1.82) is 0 Å². The monoisotopic (exact) mass is 299 g/mol. The average Bonchev–Trinajstić information content (AvgIpc) is 2.71. The number of carbonyl (C=O) groups excluding carboxylic acids is 1. The van der Waals surface area contributed by atoms with Gasteiger partial charge in [-0.2, -0.15) is 0 Å². The molecule has 1 heterocycles. The largest absolute Gasteiger partial charge is 0.462 e. The van der Waals surface area contributed by atoms with Crippen LogP contribution in [0.3, 0.4) is 0 Å². The molecule has 0 aliphatic rings. The van der Waals surface area contributed by atoms with E-state index in [2.05, 4.69) is 5.16 Å². The second kappa shape index (κ2) is 5.63. The molecular formula is C13H11Cl2NO3. The number of hydrogen-bond donors (Lipinski definition) is 0. The number of halogens is 2. The van der Waals surface area contributed by atoms with E-state index in [1.165, 1.54) is 0 Å². The van der Waals surface area contributed by atoms with Crippen LogP contribution in [0, 0.1) is 6.92 Å². The zero-order chi connectivity index (χ0) is 14.0. The van der Waals surface area contributed by atoms with E-state index < -0.39 is 5.97 Å². The van der Waals surface area contributed by atoms with E-state index in [0.29, 0.717) is 27.1 Å². The first-order valence-electron chi connectivity index (χ1n) is 5.64. The molecule has 100 valence electrons. The van der Waals surface area contributed by atoms with Crippen molar-refractivity contribution in [2.45, 2.75) is 13.8 Å². The Hall–Kier alpha value is -1.52. The van der Waals surface area contributed by atoms with Crippen LogP contribution in [0.15, 0.2) is 22.7 Å². The summed E-state index contributed by atoms with van der Waals surface area (Å²) in [6.07, 6.45) is 0. The predicted molar refractivity (Wildman–Crippen MR) is 72.7 cm³/mol. The molecule has 0 saturated carbocycles. The second-order valence-electron chi connectivity index (χ2n) is 3.78. The number of aryl methyl sites for hydroxylation is 1. The van der Waals surface area contributed by atoms with Gasteiger partial charge < -0.3 is 9.26 Å². The molecule has 1 aromatic heterocycles. The predicted octanol–water partition coefficient (Wildman–Crippen LogP) is 4.13. The van der Waals surface area contributed by atoms with Crippen LogP contribution in [0.25, 0.3) is 11.3 Å². The van der Waals surface area contributed by atoms with Crippen molar-refractivity contribution in [3.63, 3.8) is 0 Å². The molecule has 0 saturated heterocycles. The molecule has 2 aromatic rings. The summed E-state index contributed by atoms with van der Waals surface area (Å²) in [5, 5.41) is 4.66. The Morgan fingerprint density at radius 2 is 2.00 bits per heavy atom. The van der Waals surface area contributed by atoms with Crippen LogP contribution in [0.1, 0.15) is 23.0 Å². The Morgan fingerprint density at radius 1 is 1.37 bits per heavy atom. The number of nitrogens with zero attached hydrogens (tertiary/aromatic N) is 1. The van der Waals surface area contributed by atoms with Gasteiger partial charge in [0.1, 0.15) is 17.0 Å². The summed E-state index contributed by atoms with van der Waals surface area (Å²) in [6.45, 7) is 3.62. The summed E-state index contributed by atoms with van der Waals surface area (Å²) in [5.41, 5.74) is 1.01. The molecule has 0 amide bonds. The molecule has 19 heavy (non-hydrogen) atoms. The van der Waals surface area contributed by atoms with Gasteiger partial charge in [-0.05, 0) is 26.0 Å². The number of ether oxygens (including phenoxy) is 1. The van der Waals surface area contributed by atoms with Gasteiger partial charge in [0.25, 0.3) is 0 Å². The quantitative estimate of drug-likeness (QED) is 0.800. The second-order valence-corrected chi connectivity index (χ2v) is 4.59. The van der Waals surface area contributed by atoms with Crippen molar-refractivity contribution in [2.75, 3.05) is 6.61 Å². The van der Waals surface area contributed by atoms with Crippen LogP contribution in [0.4, 0.5) is 0 Å². The molecular weight excluding hydrogens is 289 g/mol. The van der Waals surface area contributed by atoms with Crippen LogP contribution in [0.5, 0.6) is 0 Å². The third-order valence-corrected chi connectivity index (χ3v) is 3.17. The molecule has 1 aromatic carbocycles. The topological polar surface area (TPSA) is 52.3 Å². The molecule has 4 nitrogen and oxygen atoms in total. The van der Waals surface area contributed by atoms with Crippen molar-refractivity contribution >= 4 is 29.2 Å². The summed E-state index contributed by atoms with van der Waals surface area (Å²) < 4.78 is 10.0. The van der Waals surface area contributed by atoms with E-state index >= 15 is 0 Å². The Balaban J connectivity index is 2.61. The fourth-order valence-corrected chi connectivity index (χ4v) is 2.29. The lowest BCUT2D eigenvalue weighted by Gasteiger charge is -2.06. The highest BCUT2D eigenvalue weighted by molar-refractivity contribution is 6.39. The first kappa shape index (κ1) is 13.9. The number of rotatable bonds is 3. The van der Waals surface area contributed by atoms with E-state index in [1.54, 1.807) is 32.0 Å². The number of carbonyl (C=O) groups is 1. The Kier molecular flexibility index (Phi) is 4.12. The Morgan fingerprint density at radius 3 is 2.58 bits per heavy atom. The number of esters is 1. The molecule has 0 aliphatic carbocycles. The fourth-order valence-electron chi connectivity index (χ4n) is 1.71. The molecule has 0 bridgehead atoms. The standard InChI is InChI=1S/C13H11Cl2NO3/c1-3-18-13(17)10-7(2)19-16-12(10)11-8(14)5-4-6-9(11)15/h4-6H,3H2,1-2H3. The molecule has 0 atom stereocenters. The van der Waals surface area contributed by atoms with Gasteiger partial charge in [-0.25, -0.2) is 4.79 Å². The summed E-state index contributed by atoms with van der Waals surface area (Å²) in [5.74, 6) is -0.142. The number of hydrogen-bond acceptors (Lipinski definition) is 4. The van der Waals surface area contributed by atoms with Gasteiger partial charge in [0, 0.05) is 5.56 Å². The normalized spacial score (nSPS) is 10.5. The van der Waals surface area contributed by atoms with Gasteiger partial charge in [-0.3, -0.25) is 0 Å². The lowest BCUT2D eigenvalue weighted by Crippen LogP contribution is -2.06. The first-order valence-corrected chi connectivity index (χ1v) is 6.39. The summed E-state index contributed by atoms with van der Waals surface area (Å²) in [7, 11) is 0. The van der Waals surface area contributed by atoms with Crippen LogP contribution < -0.4 is 0 Å². The molecule has 0 unspecified atom stereocenters. The molecule has 6 heteroatoms. The lowest BCUT2D eigenvalue weighted by molar-refractivity contribution is 0.0525. The van der Waals surface area contributed by atoms with Gasteiger partial charge in [0.15, 0.2) is 0 Å². The number of aromatic nitrogens is 1. The Labute approximate surface area is 120 Å². The van der Waals surface area contributed by atoms with Gasteiger partial charge in [0.05, 0.1) is 16.7 Å². The SMILES string of the molecule is CCOC(=O)c1c(-c2c(Cl)cccc2Cl)noc1C. The third-order valence-electron chi connectivity index (χ3n) is 2.54. The van der Waals surface area contributed by atoms with Crippen molar-refractivity contribution in [1.82, 2.24) is 5.16 Å². The Bertz CT molecular complexity index is 602. The highest BCUT2D eigenvalue weighted by Crippen LogP contribution is 2.36. The lowest BCUT2D eigenvalue weighted by atomic mass is 10.1. The zero-order valence-electron chi connectivity index (χ0n) is 10.4. The average molecular weight is 300 g/mol. The van der Waals surface area contributed by atoms with Crippen LogP contribution in [-0.4, -0.2) is 17.7 Å². The van der Waals surface area contributed by atoms with E-state index in [4.69, 9.17) is 32.5 Å². The maximum absolute atomic E-state index is 11.9. The zero-order valence-corrected chi connectivity index (χ0v) is 11.9. The van der Waals surface area contributed by atoms with Crippen molar-refractivity contribution in [3.8, 4) is 11.3 Å². The summed E-state index contributed by atoms with van der Waals surface area (Å²) in [6, 6.07) is 5.05. The van der Waals surface area contributed by atoms with Gasteiger partial charge in [-0.15, -0.1) is 0 Å². The van der Waals surface area contributed by atoms with Crippen molar-refractivity contribution in [2.24, 2.45) is 0 Å². The minimum atomic E-state index is -0.507. The maximum atomic E-state index is 11.9. The molecule has 2 rings (SSSR count). The molecule has 0 N–H and O–H groups in total. The van der Waals surface area contributed by atoms with E-state index in [9.17, 15) is 4.79 Å². The first-order chi connectivity index (χ1) is 9.06. The van der Waals surface area contributed by atoms with E-state index in [0.717, 1.165) is 0 Å². The highest BCUT2D eigenvalue weighted by atomic mass is 35.5. The fraction of sp³-hybridized carbons (Fsp3) is 0.231. The van der Waals surface area contributed by atoms with Crippen LogP contribution in [0.2, 0.25) is 10.0 Å². The smallest absolute Gasteiger partial charge is 0.344 e. The minimum Gasteiger partial charge on any atom is -0.462 e. The van der Waals surface area contributed by atoms with Gasteiger partial charge >= 0.3 is 5.97 Å². The summed E-state index contributed by atoms with van der Waals surface area (Å²) >= 11 is 12.2. The van der Waals surface area contributed by atoms with Crippen molar-refractivity contribution in [3.05, 3.63) is 39.6 Å². The van der Waals surface area contributed by atoms with Crippen LogP contribution in [-0.2, 0) is 4.74 Å². The van der Waals surface area contributed by atoms with Gasteiger partial charge in [-0.1, -0.05) is 34.4 Å². The molecule has 0 aliphatic heterocycles. The molecule has 0 spiro atoms. The van der Waals surface area contributed by atoms with Crippen LogP contribution >= 0.6 is 23.2 Å². The van der Waals surface area contributed by atoms with Crippen molar-refractivity contribution < 1.29 is 14.1 Å². The van der Waals surface area contributed by atoms with Gasteiger partial charge in [0.2, 0.25) is 0 Å². The van der Waals surface area contributed by atoms with E-state index in [1.807, 2.05) is 0 Å². The minimum absolute atomic E-state index is 0.247. The molecule has 0 radical (unpaired) electrons. The highest BCUT2D eigenvalue weighted by Gasteiger charge is 2.25. The summed E-state index contributed by atoms with van der Waals surface area (Å²) in [4.78, 5) is 11.9. The van der Waals surface area contributed by atoms with E-state index in [-0.39, 0.29) is 12.2 Å². The number of benzene rings is 1. The molecule has 0 fully saturated rings. The third kappa shape index (κ3) is 2.60. The maximum Gasteiger partial charge on any atom is 0.344 e.